The molecule has 0 aliphatic carbocycles. The summed E-state index contributed by atoms with van der Waals surface area (Å²) in [5.41, 5.74) is 2.52. The number of nitrogens with one attached hydrogen (secondary N) is 1. The van der Waals surface area contributed by atoms with Crippen LogP contribution < -0.4 is 5.32 Å². The van der Waals surface area contributed by atoms with E-state index in [0.29, 0.717) is 24.5 Å². The molecule has 0 saturated heterocycles. The molecule has 0 saturated carbocycles. The second kappa shape index (κ2) is 9.32. The van der Waals surface area contributed by atoms with Gasteiger partial charge in [-0.05, 0) is 47.5 Å². The van der Waals surface area contributed by atoms with Crippen molar-refractivity contribution in [3.63, 3.8) is 0 Å². The summed E-state index contributed by atoms with van der Waals surface area (Å²) < 4.78 is 5.39. The Morgan fingerprint density at radius 3 is 2.57 bits per heavy atom. The first-order chi connectivity index (χ1) is 13.6. The Kier molecular flexibility index (Phi) is 6.36. The highest BCUT2D eigenvalue weighted by Crippen LogP contribution is 2.13. The third-order valence-corrected chi connectivity index (χ3v) is 3.98. The lowest BCUT2D eigenvalue weighted by molar-refractivity contribution is -0.127. The van der Waals surface area contributed by atoms with Gasteiger partial charge in [0.25, 0.3) is 0 Å². The summed E-state index contributed by atoms with van der Waals surface area (Å²) in [6, 6.07) is 14.7. The molecule has 2 heterocycles. The summed E-state index contributed by atoms with van der Waals surface area (Å²) in [6.45, 7) is 2.26. The molecule has 2 aromatic heterocycles. The normalized spacial score (nSPS) is 10.8. The maximum absolute atomic E-state index is 12.8. The van der Waals surface area contributed by atoms with Crippen molar-refractivity contribution in [1.29, 1.82) is 0 Å². The largest absolute Gasteiger partial charge is 0.467 e. The van der Waals surface area contributed by atoms with Gasteiger partial charge in [-0.25, -0.2) is 0 Å². The third-order valence-electron chi connectivity index (χ3n) is 3.98. The number of rotatable bonds is 7. The number of carbonyl (C=O) groups is 2. The van der Waals surface area contributed by atoms with Crippen LogP contribution >= 0.6 is 0 Å². The smallest absolute Gasteiger partial charge is 0.247 e. The van der Waals surface area contributed by atoms with E-state index in [2.05, 4.69) is 10.3 Å². The third kappa shape index (κ3) is 5.67. The number of anilines is 1. The Balaban J connectivity index is 1.70. The van der Waals surface area contributed by atoms with Gasteiger partial charge in [0.05, 0.1) is 12.8 Å². The summed E-state index contributed by atoms with van der Waals surface area (Å²) in [5, 5.41) is 2.71. The van der Waals surface area contributed by atoms with Crippen molar-refractivity contribution in [3.8, 4) is 0 Å². The predicted octanol–water partition coefficient (Wildman–Crippen LogP) is 3.88. The van der Waals surface area contributed by atoms with E-state index in [0.717, 1.165) is 11.1 Å². The van der Waals surface area contributed by atoms with Crippen LogP contribution in [-0.4, -0.2) is 21.7 Å². The molecule has 28 heavy (non-hydrogen) atoms. The second-order valence-electron chi connectivity index (χ2n) is 6.27. The fraction of sp³-hybridized carbons (Fsp3) is 0.136. The zero-order chi connectivity index (χ0) is 19.8. The number of furan rings is 1. The van der Waals surface area contributed by atoms with E-state index in [4.69, 9.17) is 4.42 Å². The minimum Gasteiger partial charge on any atom is -0.467 e. The lowest BCUT2D eigenvalue weighted by Gasteiger charge is -2.20. The molecule has 6 heteroatoms. The number of amides is 2. The quantitative estimate of drug-likeness (QED) is 0.636. The molecule has 0 aliphatic rings. The molecule has 1 aromatic carbocycles. The molecule has 3 aromatic rings. The average molecular weight is 375 g/mol. The van der Waals surface area contributed by atoms with Crippen LogP contribution in [0.1, 0.15) is 23.8 Å². The maximum atomic E-state index is 12.8. The van der Waals surface area contributed by atoms with Gasteiger partial charge >= 0.3 is 0 Å². The van der Waals surface area contributed by atoms with Gasteiger partial charge in [0.15, 0.2) is 0 Å². The van der Waals surface area contributed by atoms with Crippen LogP contribution in [0.4, 0.5) is 5.69 Å². The van der Waals surface area contributed by atoms with E-state index in [1.54, 1.807) is 47.8 Å². The lowest BCUT2D eigenvalue weighted by atomic mass is 10.2. The zero-order valence-corrected chi connectivity index (χ0v) is 15.5. The van der Waals surface area contributed by atoms with Gasteiger partial charge in [-0.2, -0.15) is 0 Å². The van der Waals surface area contributed by atoms with Gasteiger partial charge in [-0.15, -0.1) is 0 Å². The molecule has 142 valence electrons. The van der Waals surface area contributed by atoms with Crippen LogP contribution in [-0.2, 0) is 22.7 Å². The first-order valence-corrected chi connectivity index (χ1v) is 8.86. The van der Waals surface area contributed by atoms with Crippen molar-refractivity contribution in [1.82, 2.24) is 9.88 Å². The van der Waals surface area contributed by atoms with Gasteiger partial charge in [0.1, 0.15) is 5.76 Å². The summed E-state index contributed by atoms with van der Waals surface area (Å²) in [5.74, 6) is 0.457. The highest BCUT2D eigenvalue weighted by atomic mass is 16.3. The molecule has 0 fully saturated rings. The number of hydrogen-bond donors (Lipinski definition) is 1. The Morgan fingerprint density at radius 2 is 1.93 bits per heavy atom. The number of pyridine rings is 1. The highest BCUT2D eigenvalue weighted by Gasteiger charge is 2.13. The van der Waals surface area contributed by atoms with Crippen LogP contribution in [0.25, 0.3) is 6.08 Å². The monoisotopic (exact) mass is 375 g/mol. The fourth-order valence-corrected chi connectivity index (χ4v) is 2.67. The van der Waals surface area contributed by atoms with E-state index in [9.17, 15) is 9.59 Å². The van der Waals surface area contributed by atoms with Crippen LogP contribution in [0.2, 0.25) is 0 Å². The van der Waals surface area contributed by atoms with E-state index >= 15 is 0 Å². The number of hydrogen-bond acceptors (Lipinski definition) is 4. The number of benzene rings is 1. The molecule has 0 unspecified atom stereocenters. The summed E-state index contributed by atoms with van der Waals surface area (Å²) in [4.78, 5) is 29.7. The lowest BCUT2D eigenvalue weighted by Crippen LogP contribution is -2.28. The molecule has 6 nitrogen and oxygen atoms in total. The SMILES string of the molecule is CC(=O)Nc1ccc(/C=C/C(=O)N(Cc2cccnc2)Cc2ccco2)cc1. The molecular formula is C22H21N3O3. The van der Waals surface area contributed by atoms with E-state index < -0.39 is 0 Å². The first-order valence-electron chi connectivity index (χ1n) is 8.86. The van der Waals surface area contributed by atoms with Crippen molar-refractivity contribution in [2.75, 3.05) is 5.32 Å². The highest BCUT2D eigenvalue weighted by molar-refractivity contribution is 5.92. The van der Waals surface area contributed by atoms with Gasteiger partial charge in [-0.3, -0.25) is 14.6 Å². The molecule has 2 amide bonds. The van der Waals surface area contributed by atoms with Crippen LogP contribution in [0.5, 0.6) is 0 Å². The Labute approximate surface area is 163 Å². The maximum Gasteiger partial charge on any atom is 0.247 e. The number of nitrogens with zero attached hydrogens (tertiary/aromatic N) is 2. The van der Waals surface area contributed by atoms with Gasteiger partial charge in [-0.1, -0.05) is 18.2 Å². The second-order valence-corrected chi connectivity index (χ2v) is 6.27. The van der Waals surface area contributed by atoms with Crippen molar-refractivity contribution in [3.05, 3.63) is 90.2 Å². The molecule has 0 aliphatic heterocycles. The summed E-state index contributed by atoms with van der Waals surface area (Å²) >= 11 is 0. The number of carbonyl (C=O) groups excluding carboxylic acids is 2. The number of aromatic nitrogens is 1. The molecule has 0 atom stereocenters. The topological polar surface area (TPSA) is 75.4 Å². The van der Waals surface area contributed by atoms with Crippen molar-refractivity contribution in [2.45, 2.75) is 20.0 Å². The Bertz CT molecular complexity index is 933. The minimum absolute atomic E-state index is 0.123. The van der Waals surface area contributed by atoms with Crippen molar-refractivity contribution in [2.24, 2.45) is 0 Å². The Hall–Kier alpha value is -3.67. The standard InChI is InChI=1S/C22H21N3O3/c1-17(26)24-20-9-6-18(7-10-20)8-11-22(27)25(16-21-5-3-13-28-21)15-19-4-2-12-23-14-19/h2-14H,15-16H2,1H3,(H,24,26)/b11-8+. The van der Waals surface area contributed by atoms with Gasteiger partial charge < -0.3 is 14.6 Å². The van der Waals surface area contributed by atoms with E-state index in [1.807, 2.05) is 30.3 Å². The Morgan fingerprint density at radius 1 is 1.11 bits per heavy atom. The molecule has 1 N–H and O–H groups in total. The summed E-state index contributed by atoms with van der Waals surface area (Å²) in [6.07, 6.45) is 8.32. The molecule has 3 rings (SSSR count). The van der Waals surface area contributed by atoms with Crippen molar-refractivity contribution >= 4 is 23.6 Å². The van der Waals surface area contributed by atoms with E-state index in [-0.39, 0.29) is 11.8 Å². The summed E-state index contributed by atoms with van der Waals surface area (Å²) in [7, 11) is 0. The van der Waals surface area contributed by atoms with Crippen LogP contribution in [0, 0.1) is 0 Å². The molecule has 0 radical (unpaired) electrons. The molecular weight excluding hydrogens is 354 g/mol. The van der Waals surface area contributed by atoms with Crippen LogP contribution in [0.15, 0.2) is 77.7 Å². The van der Waals surface area contributed by atoms with Gasteiger partial charge in [0.2, 0.25) is 11.8 Å². The van der Waals surface area contributed by atoms with Crippen molar-refractivity contribution < 1.29 is 14.0 Å². The first kappa shape index (κ1) is 19.1. The molecule has 0 spiro atoms. The molecule has 0 bridgehead atoms. The fourth-order valence-electron chi connectivity index (χ4n) is 2.67. The predicted molar refractivity (Wildman–Crippen MR) is 107 cm³/mol. The average Bonchev–Trinajstić information content (AvgIpc) is 3.20. The van der Waals surface area contributed by atoms with Crippen LogP contribution in [0.3, 0.4) is 0 Å². The van der Waals surface area contributed by atoms with Gasteiger partial charge in [0, 0.05) is 37.6 Å². The minimum atomic E-state index is -0.133. The van der Waals surface area contributed by atoms with E-state index in [1.165, 1.54) is 13.0 Å². The zero-order valence-electron chi connectivity index (χ0n) is 15.5.